The minimum absolute atomic E-state index is 0.0805. The zero-order valence-corrected chi connectivity index (χ0v) is 18.8. The molecule has 4 aromatic rings. The Morgan fingerprint density at radius 1 is 1.09 bits per heavy atom. The highest BCUT2D eigenvalue weighted by molar-refractivity contribution is 6.01. The third-order valence-corrected chi connectivity index (χ3v) is 5.10. The molecule has 0 radical (unpaired) electrons. The number of halogens is 1. The number of nitrogens with one attached hydrogen (secondary N) is 1. The normalized spacial score (nSPS) is 11.4. The van der Waals surface area contributed by atoms with Crippen LogP contribution in [0, 0.1) is 5.82 Å². The van der Waals surface area contributed by atoms with Gasteiger partial charge in [-0.1, -0.05) is 45.0 Å². The highest BCUT2D eigenvalue weighted by atomic mass is 19.1. The van der Waals surface area contributed by atoms with Crippen LogP contribution in [0.2, 0.25) is 0 Å². The predicted molar refractivity (Wildman–Crippen MR) is 124 cm³/mol. The second-order valence-electron chi connectivity index (χ2n) is 8.81. The molecule has 170 valence electrons. The maximum atomic E-state index is 13.3. The van der Waals surface area contributed by atoms with E-state index in [-0.39, 0.29) is 23.6 Å². The lowest BCUT2D eigenvalue weighted by Gasteiger charge is -2.19. The molecule has 0 aliphatic heterocycles. The molecule has 2 aromatic carbocycles. The van der Waals surface area contributed by atoms with Gasteiger partial charge in [-0.3, -0.25) is 9.48 Å². The van der Waals surface area contributed by atoms with Gasteiger partial charge in [-0.25, -0.2) is 4.39 Å². The van der Waals surface area contributed by atoms with E-state index in [9.17, 15) is 9.18 Å². The predicted octanol–water partition coefficient (Wildman–Crippen LogP) is 5.79. The number of rotatable bonds is 7. The van der Waals surface area contributed by atoms with Gasteiger partial charge in [0, 0.05) is 12.3 Å². The molecule has 0 aliphatic carbocycles. The summed E-state index contributed by atoms with van der Waals surface area (Å²) in [6.07, 6.45) is 1.72. The number of amides is 1. The van der Waals surface area contributed by atoms with Crippen LogP contribution in [0.3, 0.4) is 0 Å². The molecule has 0 aliphatic rings. The molecular weight excluding hydrogens is 421 g/mol. The molecule has 7 heteroatoms. The molecule has 0 atom stereocenters. The first kappa shape index (κ1) is 22.3. The number of hydrogen-bond donors (Lipinski definition) is 1. The number of furan rings is 1. The van der Waals surface area contributed by atoms with Crippen molar-refractivity contribution in [3.05, 3.63) is 101 Å². The van der Waals surface area contributed by atoms with Gasteiger partial charge in [-0.15, -0.1) is 0 Å². The average Bonchev–Trinajstić information content (AvgIpc) is 3.42. The molecule has 0 saturated carbocycles. The van der Waals surface area contributed by atoms with Gasteiger partial charge in [0.25, 0.3) is 5.91 Å². The van der Waals surface area contributed by atoms with Crippen molar-refractivity contribution >= 4 is 11.7 Å². The van der Waals surface area contributed by atoms with Crippen molar-refractivity contribution in [3.63, 3.8) is 0 Å². The van der Waals surface area contributed by atoms with Gasteiger partial charge in [-0.05, 0) is 52.9 Å². The van der Waals surface area contributed by atoms with Gasteiger partial charge < -0.3 is 14.5 Å². The SMILES string of the molecule is CC(C)(C)c1ccc(OCc2ccc(C(=O)Nc3ccn(Cc4cccc(F)c4)n3)o2)cc1. The molecular formula is C26H26FN3O3. The molecule has 2 aromatic heterocycles. The van der Waals surface area contributed by atoms with Crippen molar-refractivity contribution < 1.29 is 18.3 Å². The van der Waals surface area contributed by atoms with Crippen LogP contribution in [-0.2, 0) is 18.6 Å². The minimum Gasteiger partial charge on any atom is -0.486 e. The molecule has 0 bridgehead atoms. The minimum atomic E-state index is -0.410. The molecule has 0 spiro atoms. The van der Waals surface area contributed by atoms with E-state index in [4.69, 9.17) is 9.15 Å². The lowest BCUT2D eigenvalue weighted by molar-refractivity contribution is 0.0992. The van der Waals surface area contributed by atoms with Crippen LogP contribution in [0.4, 0.5) is 10.2 Å². The fraction of sp³-hybridized carbons (Fsp3) is 0.231. The lowest BCUT2D eigenvalue weighted by Crippen LogP contribution is -2.12. The highest BCUT2D eigenvalue weighted by Gasteiger charge is 2.15. The van der Waals surface area contributed by atoms with E-state index < -0.39 is 5.91 Å². The quantitative estimate of drug-likeness (QED) is 0.389. The topological polar surface area (TPSA) is 69.3 Å². The number of hydrogen-bond acceptors (Lipinski definition) is 4. The Hall–Kier alpha value is -3.87. The summed E-state index contributed by atoms with van der Waals surface area (Å²) in [6.45, 7) is 7.09. The number of carbonyl (C=O) groups excluding carboxylic acids is 1. The lowest BCUT2D eigenvalue weighted by atomic mass is 9.87. The number of ether oxygens (including phenoxy) is 1. The largest absolute Gasteiger partial charge is 0.486 e. The van der Waals surface area contributed by atoms with Crippen LogP contribution in [-0.4, -0.2) is 15.7 Å². The van der Waals surface area contributed by atoms with Crippen molar-refractivity contribution in [3.8, 4) is 5.75 Å². The van der Waals surface area contributed by atoms with Gasteiger partial charge >= 0.3 is 0 Å². The zero-order chi connectivity index (χ0) is 23.4. The molecule has 1 amide bonds. The smallest absolute Gasteiger partial charge is 0.292 e. The monoisotopic (exact) mass is 447 g/mol. The maximum Gasteiger partial charge on any atom is 0.292 e. The number of benzene rings is 2. The van der Waals surface area contributed by atoms with Crippen molar-refractivity contribution in [1.29, 1.82) is 0 Å². The fourth-order valence-electron chi connectivity index (χ4n) is 3.30. The number of anilines is 1. The summed E-state index contributed by atoms with van der Waals surface area (Å²) in [4.78, 5) is 12.5. The number of aromatic nitrogens is 2. The summed E-state index contributed by atoms with van der Waals surface area (Å²) < 4.78 is 26.4. The number of carbonyl (C=O) groups is 1. The van der Waals surface area contributed by atoms with Crippen molar-refractivity contribution in [1.82, 2.24) is 9.78 Å². The fourth-order valence-corrected chi connectivity index (χ4v) is 3.30. The molecule has 4 rings (SSSR count). The third-order valence-electron chi connectivity index (χ3n) is 5.10. The van der Waals surface area contributed by atoms with Crippen LogP contribution in [0.15, 0.2) is 77.3 Å². The van der Waals surface area contributed by atoms with E-state index >= 15 is 0 Å². The molecule has 1 N–H and O–H groups in total. The van der Waals surface area contributed by atoms with Crippen LogP contribution in [0.5, 0.6) is 5.75 Å². The second kappa shape index (κ2) is 9.32. The average molecular weight is 448 g/mol. The summed E-state index contributed by atoms with van der Waals surface area (Å²) in [6, 6.07) is 19.2. The van der Waals surface area contributed by atoms with Crippen LogP contribution < -0.4 is 10.1 Å². The Morgan fingerprint density at radius 3 is 2.61 bits per heavy atom. The highest BCUT2D eigenvalue weighted by Crippen LogP contribution is 2.24. The molecule has 0 fully saturated rings. The summed E-state index contributed by atoms with van der Waals surface area (Å²) in [5.74, 6) is 1.10. The number of nitrogens with zero attached hydrogens (tertiary/aromatic N) is 2. The Balaban J connectivity index is 1.31. The summed E-state index contributed by atoms with van der Waals surface area (Å²) in [7, 11) is 0. The Morgan fingerprint density at radius 2 is 1.88 bits per heavy atom. The third kappa shape index (κ3) is 5.88. The van der Waals surface area contributed by atoms with Crippen molar-refractivity contribution in [2.75, 3.05) is 5.32 Å². The summed E-state index contributed by atoms with van der Waals surface area (Å²) >= 11 is 0. The van der Waals surface area contributed by atoms with Gasteiger partial charge in [0.2, 0.25) is 0 Å². The van der Waals surface area contributed by atoms with Gasteiger partial charge in [0.1, 0.15) is 23.9 Å². The van der Waals surface area contributed by atoms with Crippen molar-refractivity contribution in [2.24, 2.45) is 0 Å². The molecule has 33 heavy (non-hydrogen) atoms. The van der Waals surface area contributed by atoms with E-state index in [2.05, 4.69) is 31.2 Å². The standard InChI is InChI=1S/C26H26FN3O3/c1-26(2,3)19-7-9-21(10-8-19)32-17-22-11-12-23(33-22)25(31)28-24-13-14-30(29-24)16-18-5-4-6-20(27)15-18/h4-15H,16-17H2,1-3H3,(H,28,29,31). The van der Waals surface area contributed by atoms with Gasteiger partial charge in [0.15, 0.2) is 11.6 Å². The summed E-state index contributed by atoms with van der Waals surface area (Å²) in [5, 5.41) is 7.01. The van der Waals surface area contributed by atoms with E-state index in [1.807, 2.05) is 30.3 Å². The first-order chi connectivity index (χ1) is 15.8. The molecule has 0 unspecified atom stereocenters. The van der Waals surface area contributed by atoms with E-state index in [1.165, 1.54) is 17.7 Å². The second-order valence-corrected chi connectivity index (χ2v) is 8.81. The van der Waals surface area contributed by atoms with E-state index in [0.29, 0.717) is 18.1 Å². The van der Waals surface area contributed by atoms with Gasteiger partial charge in [-0.2, -0.15) is 5.10 Å². The van der Waals surface area contributed by atoms with E-state index in [0.717, 1.165) is 11.3 Å². The Labute approximate surface area is 192 Å². The first-order valence-electron chi connectivity index (χ1n) is 10.7. The van der Waals surface area contributed by atoms with E-state index in [1.54, 1.807) is 35.1 Å². The summed E-state index contributed by atoms with van der Waals surface area (Å²) in [5.41, 5.74) is 2.08. The zero-order valence-electron chi connectivity index (χ0n) is 18.8. The first-order valence-corrected chi connectivity index (χ1v) is 10.7. The molecule has 0 saturated heterocycles. The molecule has 6 nitrogen and oxygen atoms in total. The van der Waals surface area contributed by atoms with Gasteiger partial charge in [0.05, 0.1) is 6.54 Å². The van der Waals surface area contributed by atoms with Crippen LogP contribution in [0.25, 0.3) is 0 Å². The van der Waals surface area contributed by atoms with Crippen molar-refractivity contribution in [2.45, 2.75) is 39.3 Å². The molecule has 2 heterocycles. The Bertz CT molecular complexity index is 1240. The van der Waals surface area contributed by atoms with Crippen LogP contribution >= 0.6 is 0 Å². The Kier molecular flexibility index (Phi) is 6.31. The maximum absolute atomic E-state index is 13.3. The van der Waals surface area contributed by atoms with Crippen LogP contribution in [0.1, 0.15) is 48.2 Å².